The van der Waals surface area contributed by atoms with Gasteiger partial charge in [-0.15, -0.1) is 0 Å². The molecule has 2 nitrogen and oxygen atoms in total. The van der Waals surface area contributed by atoms with Gasteiger partial charge >= 0.3 is 0 Å². The molecule has 3 N–H and O–H groups in total. The largest absolute Gasteiger partial charge is 0.388 e. The molecule has 0 aliphatic heterocycles. The summed E-state index contributed by atoms with van der Waals surface area (Å²) in [5.41, 5.74) is 4.87. The maximum atomic E-state index is 13.9. The third-order valence-electron chi connectivity index (χ3n) is 3.68. The second-order valence-electron chi connectivity index (χ2n) is 4.90. The van der Waals surface area contributed by atoms with Crippen molar-refractivity contribution in [3.05, 3.63) is 34.6 Å². The van der Waals surface area contributed by atoms with Gasteiger partial charge in [0, 0.05) is 5.56 Å². The summed E-state index contributed by atoms with van der Waals surface area (Å²) in [6.45, 7) is 0. The first kappa shape index (κ1) is 13.7. The molecule has 1 fully saturated rings. The van der Waals surface area contributed by atoms with E-state index in [0.717, 1.165) is 0 Å². The molecule has 1 atom stereocenters. The number of hydrogen-bond acceptors (Lipinski definition) is 2. The molecule has 18 heavy (non-hydrogen) atoms. The molecule has 5 heteroatoms. The first-order chi connectivity index (χ1) is 8.44. The Morgan fingerprint density at radius 1 is 1.39 bits per heavy atom. The predicted octanol–water partition coefficient (Wildman–Crippen LogP) is 3.12. The second-order valence-corrected chi connectivity index (χ2v) is 5.31. The first-order valence-corrected chi connectivity index (χ1v) is 6.38. The van der Waals surface area contributed by atoms with Crippen LogP contribution in [0.3, 0.4) is 0 Å². The Morgan fingerprint density at radius 3 is 2.61 bits per heavy atom. The molecule has 0 amide bonds. The van der Waals surface area contributed by atoms with E-state index in [-0.39, 0.29) is 36.3 Å². The molecule has 1 aliphatic rings. The number of benzene rings is 1. The van der Waals surface area contributed by atoms with Gasteiger partial charge in [0.25, 0.3) is 0 Å². The van der Waals surface area contributed by atoms with Gasteiger partial charge in [-0.05, 0) is 31.7 Å². The molecule has 1 aromatic rings. The Kier molecular flexibility index (Phi) is 3.90. The fourth-order valence-electron chi connectivity index (χ4n) is 2.44. The summed E-state index contributed by atoms with van der Waals surface area (Å²) in [5.74, 6) is -0.609. The number of aliphatic hydroxyl groups is 1. The van der Waals surface area contributed by atoms with Crippen molar-refractivity contribution in [2.75, 3.05) is 0 Å². The van der Waals surface area contributed by atoms with Crippen LogP contribution in [0.25, 0.3) is 0 Å². The minimum atomic E-state index is -1.26. The van der Waals surface area contributed by atoms with Crippen molar-refractivity contribution in [1.29, 1.82) is 0 Å². The van der Waals surface area contributed by atoms with Gasteiger partial charge in [-0.3, -0.25) is 0 Å². The molecule has 0 saturated heterocycles. The fraction of sp³-hybridized carbons (Fsp3) is 0.538. The fourth-order valence-corrected chi connectivity index (χ4v) is 2.63. The summed E-state index contributed by atoms with van der Waals surface area (Å²) in [7, 11) is 0. The van der Waals surface area contributed by atoms with Crippen molar-refractivity contribution in [3.8, 4) is 0 Å². The Hall–Kier alpha value is -0.710. The summed E-state index contributed by atoms with van der Waals surface area (Å²) >= 11 is 5.69. The van der Waals surface area contributed by atoms with Gasteiger partial charge in [0.2, 0.25) is 0 Å². The Labute approximate surface area is 110 Å². The quantitative estimate of drug-likeness (QED) is 0.871. The Morgan fingerprint density at radius 2 is 2.00 bits per heavy atom. The van der Waals surface area contributed by atoms with E-state index in [1.54, 1.807) is 6.07 Å². The van der Waals surface area contributed by atoms with Crippen molar-refractivity contribution >= 4 is 11.6 Å². The summed E-state index contributed by atoms with van der Waals surface area (Å²) in [6, 6.07) is 3.63. The molecular weight excluding hydrogens is 260 g/mol. The smallest absolute Gasteiger partial charge is 0.146 e. The van der Waals surface area contributed by atoms with E-state index < -0.39 is 23.6 Å². The molecule has 0 bridgehead atoms. The average molecular weight is 276 g/mol. The van der Waals surface area contributed by atoms with Crippen LogP contribution in [-0.2, 0) is 0 Å². The normalized spacial score (nSPS) is 30.2. The molecule has 0 aromatic heterocycles. The number of hydrogen-bond donors (Lipinski definition) is 2. The lowest BCUT2D eigenvalue weighted by atomic mass is 9.76. The molecule has 1 unspecified atom stereocenters. The zero-order chi connectivity index (χ0) is 13.3. The van der Waals surface area contributed by atoms with Gasteiger partial charge in [-0.2, -0.15) is 0 Å². The maximum Gasteiger partial charge on any atom is 0.146 e. The molecule has 1 aliphatic carbocycles. The molecule has 0 spiro atoms. The molecule has 1 saturated carbocycles. The SMILES string of the molecule is NC(c1cccc(Cl)c1F)C1(O)CCC(F)CC1. The van der Waals surface area contributed by atoms with E-state index in [9.17, 15) is 13.9 Å². The van der Waals surface area contributed by atoms with Crippen molar-refractivity contribution in [2.24, 2.45) is 5.73 Å². The van der Waals surface area contributed by atoms with Gasteiger partial charge < -0.3 is 10.8 Å². The minimum Gasteiger partial charge on any atom is -0.388 e. The van der Waals surface area contributed by atoms with E-state index in [0.29, 0.717) is 0 Å². The topological polar surface area (TPSA) is 46.2 Å². The van der Waals surface area contributed by atoms with Crippen LogP contribution in [0.4, 0.5) is 8.78 Å². The third-order valence-corrected chi connectivity index (χ3v) is 3.97. The zero-order valence-corrected chi connectivity index (χ0v) is 10.6. The Bertz CT molecular complexity index is 433. The van der Waals surface area contributed by atoms with E-state index in [1.807, 2.05) is 0 Å². The Balaban J connectivity index is 2.25. The highest BCUT2D eigenvalue weighted by Gasteiger charge is 2.40. The van der Waals surface area contributed by atoms with E-state index in [1.165, 1.54) is 12.1 Å². The third kappa shape index (κ3) is 2.51. The number of rotatable bonds is 2. The van der Waals surface area contributed by atoms with Gasteiger partial charge in [-0.25, -0.2) is 8.78 Å². The lowest BCUT2D eigenvalue weighted by Gasteiger charge is -2.38. The monoisotopic (exact) mass is 275 g/mol. The van der Waals surface area contributed by atoms with E-state index in [2.05, 4.69) is 0 Å². The predicted molar refractivity (Wildman–Crippen MR) is 66.7 cm³/mol. The highest BCUT2D eigenvalue weighted by atomic mass is 35.5. The van der Waals surface area contributed by atoms with Crippen LogP contribution in [0.5, 0.6) is 0 Å². The molecule has 100 valence electrons. The van der Waals surface area contributed by atoms with Crippen LogP contribution < -0.4 is 5.73 Å². The highest BCUT2D eigenvalue weighted by Crippen LogP contribution is 2.39. The number of nitrogens with two attached hydrogens (primary N) is 1. The standard InChI is InChI=1S/C13H16ClF2NO/c14-10-3-1-2-9(11(10)16)12(17)13(18)6-4-8(15)5-7-13/h1-3,8,12,18H,4-7,17H2. The summed E-state index contributed by atoms with van der Waals surface area (Å²) in [6.07, 6.45) is 0.0862. The van der Waals surface area contributed by atoms with Gasteiger partial charge in [0.1, 0.15) is 12.0 Å². The first-order valence-electron chi connectivity index (χ1n) is 6.00. The minimum absolute atomic E-state index is 0.0225. The van der Waals surface area contributed by atoms with Gasteiger partial charge in [0.05, 0.1) is 16.7 Å². The second kappa shape index (κ2) is 5.11. The van der Waals surface area contributed by atoms with E-state index in [4.69, 9.17) is 17.3 Å². The number of halogens is 3. The highest BCUT2D eigenvalue weighted by molar-refractivity contribution is 6.30. The summed E-state index contributed by atoms with van der Waals surface area (Å²) < 4.78 is 26.9. The molecular formula is C13H16ClF2NO. The van der Waals surface area contributed by atoms with Crippen LogP contribution in [-0.4, -0.2) is 16.9 Å². The lowest BCUT2D eigenvalue weighted by molar-refractivity contribution is -0.0371. The van der Waals surface area contributed by atoms with Crippen LogP contribution in [0, 0.1) is 5.82 Å². The lowest BCUT2D eigenvalue weighted by Crippen LogP contribution is -2.44. The number of alkyl halides is 1. The molecule has 0 heterocycles. The molecule has 2 rings (SSSR count). The van der Waals surface area contributed by atoms with Crippen LogP contribution in [0.1, 0.15) is 37.3 Å². The zero-order valence-electron chi connectivity index (χ0n) is 9.87. The van der Waals surface area contributed by atoms with Gasteiger partial charge in [-0.1, -0.05) is 23.7 Å². The summed E-state index contributed by atoms with van der Waals surface area (Å²) in [5, 5.41) is 10.4. The van der Waals surface area contributed by atoms with Crippen molar-refractivity contribution in [1.82, 2.24) is 0 Å². The van der Waals surface area contributed by atoms with Crippen molar-refractivity contribution < 1.29 is 13.9 Å². The maximum absolute atomic E-state index is 13.9. The summed E-state index contributed by atoms with van der Waals surface area (Å²) in [4.78, 5) is 0. The van der Waals surface area contributed by atoms with Crippen molar-refractivity contribution in [2.45, 2.75) is 43.5 Å². The van der Waals surface area contributed by atoms with E-state index >= 15 is 0 Å². The van der Waals surface area contributed by atoms with Crippen LogP contribution in [0.2, 0.25) is 5.02 Å². The van der Waals surface area contributed by atoms with Crippen LogP contribution >= 0.6 is 11.6 Å². The van der Waals surface area contributed by atoms with Crippen molar-refractivity contribution in [3.63, 3.8) is 0 Å². The molecule has 1 aromatic carbocycles. The average Bonchev–Trinajstić information content (AvgIpc) is 2.36. The van der Waals surface area contributed by atoms with Gasteiger partial charge in [0.15, 0.2) is 0 Å². The van der Waals surface area contributed by atoms with Crippen LogP contribution in [0.15, 0.2) is 18.2 Å². The molecule has 0 radical (unpaired) electrons.